The smallest absolute Gasteiger partial charge is 0.240 e. The van der Waals surface area contributed by atoms with Crippen LogP contribution in [-0.4, -0.2) is 13.5 Å². The number of hydrogen-bond acceptors (Lipinski definition) is 3. The van der Waals surface area contributed by atoms with Crippen molar-refractivity contribution in [1.29, 1.82) is 0 Å². The van der Waals surface area contributed by atoms with E-state index in [1.165, 1.54) is 42.5 Å². The third-order valence-corrected chi connectivity index (χ3v) is 3.92. The minimum Gasteiger partial charge on any atom is -0.508 e. The lowest BCUT2D eigenvalue weighted by Crippen LogP contribution is -2.23. The molecule has 0 saturated carbocycles. The molecule has 2 aromatic carbocycles. The summed E-state index contributed by atoms with van der Waals surface area (Å²) in [5.74, 6) is -0.426. The lowest BCUT2D eigenvalue weighted by Gasteiger charge is -2.07. The zero-order valence-corrected chi connectivity index (χ0v) is 10.7. The molecular formula is C13H12FNO3S. The SMILES string of the molecule is O=S(=O)(NCc1cccc(F)c1)c1ccc(O)cc1. The Balaban J connectivity index is 2.12. The summed E-state index contributed by atoms with van der Waals surface area (Å²) in [6, 6.07) is 10.9. The van der Waals surface area contributed by atoms with E-state index in [1.54, 1.807) is 6.07 Å². The van der Waals surface area contributed by atoms with E-state index in [2.05, 4.69) is 4.72 Å². The van der Waals surface area contributed by atoms with Crippen LogP contribution >= 0.6 is 0 Å². The molecule has 0 fully saturated rings. The van der Waals surface area contributed by atoms with Crippen molar-refractivity contribution < 1.29 is 17.9 Å². The van der Waals surface area contributed by atoms with Crippen molar-refractivity contribution in [2.75, 3.05) is 0 Å². The summed E-state index contributed by atoms with van der Waals surface area (Å²) in [7, 11) is -3.67. The van der Waals surface area contributed by atoms with Crippen LogP contribution in [0, 0.1) is 5.82 Å². The van der Waals surface area contributed by atoms with Gasteiger partial charge in [-0.15, -0.1) is 0 Å². The highest BCUT2D eigenvalue weighted by Gasteiger charge is 2.13. The largest absolute Gasteiger partial charge is 0.508 e. The first-order valence-corrected chi connectivity index (χ1v) is 6.99. The molecule has 0 atom stereocenters. The van der Waals surface area contributed by atoms with E-state index in [1.807, 2.05) is 0 Å². The standard InChI is InChI=1S/C13H12FNO3S/c14-11-3-1-2-10(8-11)9-15-19(17,18)13-6-4-12(16)5-7-13/h1-8,15-16H,9H2. The molecule has 100 valence electrons. The summed E-state index contributed by atoms with van der Waals surface area (Å²) in [6.07, 6.45) is 0. The Labute approximate surface area is 110 Å². The topological polar surface area (TPSA) is 66.4 Å². The minimum absolute atomic E-state index is 0.000962. The van der Waals surface area contributed by atoms with Gasteiger partial charge < -0.3 is 5.11 Å². The fourth-order valence-electron chi connectivity index (χ4n) is 1.53. The van der Waals surface area contributed by atoms with Crippen LogP contribution in [0.15, 0.2) is 53.4 Å². The van der Waals surface area contributed by atoms with Gasteiger partial charge in [0.15, 0.2) is 0 Å². The van der Waals surface area contributed by atoms with Crippen molar-refractivity contribution in [3.05, 3.63) is 59.9 Å². The van der Waals surface area contributed by atoms with Crippen LogP contribution in [0.4, 0.5) is 4.39 Å². The summed E-state index contributed by atoms with van der Waals surface area (Å²) in [6.45, 7) is 0.000962. The van der Waals surface area contributed by atoms with Crippen molar-refractivity contribution in [2.45, 2.75) is 11.4 Å². The molecule has 0 saturated heterocycles. The van der Waals surface area contributed by atoms with E-state index in [9.17, 15) is 12.8 Å². The van der Waals surface area contributed by atoms with E-state index in [-0.39, 0.29) is 17.2 Å². The van der Waals surface area contributed by atoms with E-state index >= 15 is 0 Å². The van der Waals surface area contributed by atoms with Gasteiger partial charge in [-0.1, -0.05) is 12.1 Å². The number of sulfonamides is 1. The number of aromatic hydroxyl groups is 1. The van der Waals surface area contributed by atoms with Gasteiger partial charge in [0.1, 0.15) is 11.6 Å². The molecule has 0 aliphatic heterocycles. The van der Waals surface area contributed by atoms with Gasteiger partial charge in [0.05, 0.1) is 4.90 Å². The number of halogens is 1. The molecule has 2 aromatic rings. The van der Waals surface area contributed by atoms with Crippen LogP contribution in [0.25, 0.3) is 0 Å². The van der Waals surface area contributed by atoms with Gasteiger partial charge in [-0.3, -0.25) is 0 Å². The molecular weight excluding hydrogens is 269 g/mol. The van der Waals surface area contributed by atoms with Crippen LogP contribution in [0.1, 0.15) is 5.56 Å². The van der Waals surface area contributed by atoms with Gasteiger partial charge in [-0.25, -0.2) is 17.5 Å². The van der Waals surface area contributed by atoms with Gasteiger partial charge >= 0.3 is 0 Å². The molecule has 0 aliphatic carbocycles. The Bertz CT molecular complexity index is 669. The van der Waals surface area contributed by atoms with Crippen LogP contribution in [0.5, 0.6) is 5.75 Å². The number of rotatable bonds is 4. The summed E-state index contributed by atoms with van der Waals surface area (Å²) in [5.41, 5.74) is 0.530. The van der Waals surface area contributed by atoms with Crippen molar-refractivity contribution in [3.8, 4) is 5.75 Å². The zero-order valence-electron chi connectivity index (χ0n) is 9.88. The molecule has 19 heavy (non-hydrogen) atoms. The molecule has 0 radical (unpaired) electrons. The van der Waals surface area contributed by atoms with Gasteiger partial charge in [-0.2, -0.15) is 0 Å². The van der Waals surface area contributed by atoms with Crippen LogP contribution < -0.4 is 4.72 Å². The average molecular weight is 281 g/mol. The maximum absolute atomic E-state index is 12.9. The van der Waals surface area contributed by atoms with E-state index < -0.39 is 15.8 Å². The first-order chi connectivity index (χ1) is 8.97. The average Bonchev–Trinajstić information content (AvgIpc) is 2.37. The zero-order chi connectivity index (χ0) is 13.9. The highest BCUT2D eigenvalue weighted by Crippen LogP contribution is 2.14. The summed E-state index contributed by atoms with van der Waals surface area (Å²) in [4.78, 5) is 0.0432. The molecule has 0 bridgehead atoms. The number of benzene rings is 2. The Morgan fingerprint density at radius 1 is 1.11 bits per heavy atom. The van der Waals surface area contributed by atoms with Crippen LogP contribution in [-0.2, 0) is 16.6 Å². The highest BCUT2D eigenvalue weighted by atomic mass is 32.2. The first kappa shape index (κ1) is 13.5. The third kappa shape index (κ3) is 3.52. The molecule has 0 heterocycles. The van der Waals surface area contributed by atoms with Crippen molar-refractivity contribution in [2.24, 2.45) is 0 Å². The quantitative estimate of drug-likeness (QED) is 0.901. The van der Waals surface area contributed by atoms with E-state index in [0.29, 0.717) is 5.56 Å². The van der Waals surface area contributed by atoms with E-state index in [4.69, 9.17) is 5.11 Å². The van der Waals surface area contributed by atoms with E-state index in [0.717, 1.165) is 0 Å². The highest BCUT2D eigenvalue weighted by molar-refractivity contribution is 7.89. The molecule has 0 aromatic heterocycles. The second-order valence-electron chi connectivity index (χ2n) is 3.95. The first-order valence-electron chi connectivity index (χ1n) is 5.50. The Kier molecular flexibility index (Phi) is 3.82. The summed E-state index contributed by atoms with van der Waals surface area (Å²) >= 11 is 0. The van der Waals surface area contributed by atoms with Crippen LogP contribution in [0.3, 0.4) is 0 Å². The Hall–Kier alpha value is -1.92. The molecule has 0 unspecified atom stereocenters. The van der Waals surface area contributed by atoms with Crippen molar-refractivity contribution in [1.82, 2.24) is 4.72 Å². The number of nitrogens with one attached hydrogen (secondary N) is 1. The third-order valence-electron chi connectivity index (χ3n) is 2.50. The van der Waals surface area contributed by atoms with Gasteiger partial charge in [0, 0.05) is 6.54 Å². The molecule has 6 heteroatoms. The van der Waals surface area contributed by atoms with Gasteiger partial charge in [0.2, 0.25) is 10.0 Å². The maximum atomic E-state index is 12.9. The molecule has 2 N–H and O–H groups in total. The monoisotopic (exact) mass is 281 g/mol. The van der Waals surface area contributed by atoms with Gasteiger partial charge in [0.25, 0.3) is 0 Å². The maximum Gasteiger partial charge on any atom is 0.240 e. The lowest BCUT2D eigenvalue weighted by atomic mass is 10.2. The number of phenols is 1. The van der Waals surface area contributed by atoms with Gasteiger partial charge in [-0.05, 0) is 42.0 Å². The fraction of sp³-hybridized carbons (Fsp3) is 0.0769. The Morgan fingerprint density at radius 2 is 1.79 bits per heavy atom. The van der Waals surface area contributed by atoms with Crippen molar-refractivity contribution >= 4 is 10.0 Å². The Morgan fingerprint density at radius 3 is 2.42 bits per heavy atom. The molecule has 2 rings (SSSR count). The van der Waals surface area contributed by atoms with Crippen molar-refractivity contribution in [3.63, 3.8) is 0 Å². The lowest BCUT2D eigenvalue weighted by molar-refractivity contribution is 0.474. The minimum atomic E-state index is -3.67. The number of hydrogen-bond donors (Lipinski definition) is 2. The summed E-state index contributed by atoms with van der Waals surface area (Å²) in [5, 5.41) is 9.10. The molecule has 0 amide bonds. The normalized spacial score (nSPS) is 11.4. The molecule has 4 nitrogen and oxygen atoms in total. The second-order valence-corrected chi connectivity index (χ2v) is 5.72. The second kappa shape index (κ2) is 5.38. The number of phenolic OH excluding ortho intramolecular Hbond substituents is 1. The molecule has 0 spiro atoms. The fourth-order valence-corrected chi connectivity index (χ4v) is 2.55. The summed E-state index contributed by atoms with van der Waals surface area (Å²) < 4.78 is 39.1. The molecule has 0 aliphatic rings. The predicted molar refractivity (Wildman–Crippen MR) is 68.5 cm³/mol. The predicted octanol–water partition coefficient (Wildman–Crippen LogP) is 2.01. The van der Waals surface area contributed by atoms with Crippen LogP contribution in [0.2, 0.25) is 0 Å².